The van der Waals surface area contributed by atoms with E-state index in [0.29, 0.717) is 13.1 Å². The number of ether oxygens (including phenoxy) is 1. The van der Waals surface area contributed by atoms with E-state index in [0.717, 1.165) is 23.3 Å². The molecule has 0 aliphatic carbocycles. The summed E-state index contributed by atoms with van der Waals surface area (Å²) in [6.07, 6.45) is 1.64. The number of carbonyl (C=O) groups excluding carboxylic acids is 1. The van der Waals surface area contributed by atoms with Gasteiger partial charge in [-0.15, -0.1) is 11.3 Å². The summed E-state index contributed by atoms with van der Waals surface area (Å²) >= 11 is 1.59. The molecular formula is C14H18N2O2S. The maximum atomic E-state index is 11.9. The van der Waals surface area contributed by atoms with Gasteiger partial charge in [0.2, 0.25) is 5.91 Å². The van der Waals surface area contributed by atoms with E-state index in [4.69, 9.17) is 10.5 Å². The molecule has 2 rings (SSSR count). The van der Waals surface area contributed by atoms with Crippen LogP contribution in [-0.2, 0) is 16.1 Å². The monoisotopic (exact) mass is 278 g/mol. The maximum absolute atomic E-state index is 11.9. The highest BCUT2D eigenvalue weighted by atomic mass is 32.1. The second-order valence-electron chi connectivity index (χ2n) is 4.49. The zero-order valence-corrected chi connectivity index (χ0v) is 11.8. The van der Waals surface area contributed by atoms with Crippen LogP contribution >= 0.6 is 11.3 Å². The Labute approximate surface area is 117 Å². The molecule has 2 heterocycles. The SMILES string of the molecule is CC1CCC(C(=O)NCc2sccc2C#CCN)O1. The molecule has 102 valence electrons. The van der Waals surface area contributed by atoms with Gasteiger partial charge in [0.1, 0.15) is 6.10 Å². The van der Waals surface area contributed by atoms with E-state index in [1.165, 1.54) is 0 Å². The fraction of sp³-hybridized carbons (Fsp3) is 0.500. The minimum Gasteiger partial charge on any atom is -0.365 e. The quantitative estimate of drug-likeness (QED) is 0.818. The number of amides is 1. The van der Waals surface area contributed by atoms with E-state index >= 15 is 0 Å². The molecule has 0 spiro atoms. The van der Waals surface area contributed by atoms with E-state index in [1.54, 1.807) is 11.3 Å². The van der Waals surface area contributed by atoms with Gasteiger partial charge in [0, 0.05) is 10.4 Å². The van der Waals surface area contributed by atoms with Crippen LogP contribution in [0.15, 0.2) is 11.4 Å². The van der Waals surface area contributed by atoms with Gasteiger partial charge in [-0.05, 0) is 31.2 Å². The summed E-state index contributed by atoms with van der Waals surface area (Å²) in [5.41, 5.74) is 6.30. The van der Waals surface area contributed by atoms with Crippen LogP contribution in [0.5, 0.6) is 0 Å². The fourth-order valence-corrected chi connectivity index (χ4v) is 2.78. The molecule has 1 fully saturated rings. The number of hydrogen-bond donors (Lipinski definition) is 2. The Bertz CT molecular complexity index is 501. The molecule has 5 heteroatoms. The van der Waals surface area contributed by atoms with Crippen LogP contribution in [0.25, 0.3) is 0 Å². The van der Waals surface area contributed by atoms with Crippen molar-refractivity contribution in [3.8, 4) is 11.8 Å². The smallest absolute Gasteiger partial charge is 0.249 e. The summed E-state index contributed by atoms with van der Waals surface area (Å²) in [7, 11) is 0. The first kappa shape index (κ1) is 14.1. The first-order valence-corrected chi connectivity index (χ1v) is 7.27. The van der Waals surface area contributed by atoms with Crippen molar-refractivity contribution in [2.45, 2.75) is 38.5 Å². The van der Waals surface area contributed by atoms with Crippen molar-refractivity contribution in [1.82, 2.24) is 5.32 Å². The molecule has 0 aromatic carbocycles. The Hall–Kier alpha value is -1.35. The summed E-state index contributed by atoms with van der Waals surface area (Å²) in [4.78, 5) is 13.0. The van der Waals surface area contributed by atoms with Crippen molar-refractivity contribution in [2.24, 2.45) is 5.73 Å². The standard InChI is InChI=1S/C14H18N2O2S/c1-10-4-5-12(18-10)14(17)16-9-13-11(3-2-7-15)6-8-19-13/h6,8,10,12H,4-5,7,9,15H2,1H3,(H,16,17). The number of hydrogen-bond acceptors (Lipinski definition) is 4. The van der Waals surface area contributed by atoms with Crippen molar-refractivity contribution >= 4 is 17.2 Å². The summed E-state index contributed by atoms with van der Waals surface area (Å²) in [5.74, 6) is 5.80. The van der Waals surface area contributed by atoms with Gasteiger partial charge in [0.25, 0.3) is 0 Å². The molecule has 4 nitrogen and oxygen atoms in total. The van der Waals surface area contributed by atoms with Gasteiger partial charge in [-0.3, -0.25) is 4.79 Å². The van der Waals surface area contributed by atoms with E-state index in [9.17, 15) is 4.79 Å². The predicted octanol–water partition coefficient (Wildman–Crippen LogP) is 1.24. The Balaban J connectivity index is 1.88. The lowest BCUT2D eigenvalue weighted by atomic mass is 10.2. The molecule has 0 bridgehead atoms. The number of nitrogens with two attached hydrogens (primary N) is 1. The molecule has 1 amide bonds. The summed E-state index contributed by atoms with van der Waals surface area (Å²) in [6.45, 7) is 2.84. The fourth-order valence-electron chi connectivity index (χ4n) is 2.01. The van der Waals surface area contributed by atoms with Gasteiger partial charge in [-0.25, -0.2) is 0 Å². The molecule has 2 unspecified atom stereocenters. The second kappa shape index (κ2) is 6.71. The third kappa shape index (κ3) is 3.80. The van der Waals surface area contributed by atoms with E-state index < -0.39 is 0 Å². The predicted molar refractivity (Wildman–Crippen MR) is 75.7 cm³/mol. The normalized spacial score (nSPS) is 21.8. The van der Waals surface area contributed by atoms with Crippen LogP contribution in [0.2, 0.25) is 0 Å². The number of rotatable bonds is 3. The average molecular weight is 278 g/mol. The van der Waals surface area contributed by atoms with Gasteiger partial charge in [0.15, 0.2) is 0 Å². The Morgan fingerprint density at radius 3 is 3.16 bits per heavy atom. The molecule has 1 aromatic heterocycles. The summed E-state index contributed by atoms with van der Waals surface area (Å²) in [5, 5.41) is 4.88. The van der Waals surface area contributed by atoms with E-state index in [2.05, 4.69) is 17.2 Å². The lowest BCUT2D eigenvalue weighted by Gasteiger charge is -2.11. The van der Waals surface area contributed by atoms with Gasteiger partial charge in [0.05, 0.1) is 19.2 Å². The third-order valence-corrected chi connectivity index (χ3v) is 3.94. The minimum atomic E-state index is -0.298. The summed E-state index contributed by atoms with van der Waals surface area (Å²) in [6, 6.07) is 1.95. The van der Waals surface area contributed by atoms with Crippen molar-refractivity contribution in [3.05, 3.63) is 21.9 Å². The largest absolute Gasteiger partial charge is 0.365 e. The van der Waals surface area contributed by atoms with Crippen LogP contribution in [0, 0.1) is 11.8 Å². The molecule has 1 aromatic rings. The average Bonchev–Trinajstić information content (AvgIpc) is 3.02. The van der Waals surface area contributed by atoms with Crippen molar-refractivity contribution in [1.29, 1.82) is 0 Å². The Morgan fingerprint density at radius 2 is 2.47 bits per heavy atom. The first-order chi connectivity index (χ1) is 9.20. The second-order valence-corrected chi connectivity index (χ2v) is 5.49. The van der Waals surface area contributed by atoms with Crippen LogP contribution < -0.4 is 11.1 Å². The van der Waals surface area contributed by atoms with Crippen LogP contribution in [0.4, 0.5) is 0 Å². The molecular weight excluding hydrogens is 260 g/mol. The number of thiophene rings is 1. The van der Waals surface area contributed by atoms with E-state index in [1.807, 2.05) is 18.4 Å². The highest BCUT2D eigenvalue weighted by Crippen LogP contribution is 2.20. The molecule has 1 saturated heterocycles. The van der Waals surface area contributed by atoms with Crippen molar-refractivity contribution in [2.75, 3.05) is 6.54 Å². The topological polar surface area (TPSA) is 64.4 Å². The first-order valence-electron chi connectivity index (χ1n) is 6.39. The molecule has 0 radical (unpaired) electrons. The van der Waals surface area contributed by atoms with Gasteiger partial charge in [-0.2, -0.15) is 0 Å². The molecule has 3 N–H and O–H groups in total. The number of carbonyl (C=O) groups is 1. The van der Waals surface area contributed by atoms with Gasteiger partial charge < -0.3 is 15.8 Å². The van der Waals surface area contributed by atoms with Gasteiger partial charge in [-0.1, -0.05) is 11.8 Å². The third-order valence-electron chi connectivity index (χ3n) is 3.02. The molecule has 1 aliphatic heterocycles. The van der Waals surface area contributed by atoms with E-state index in [-0.39, 0.29) is 18.1 Å². The maximum Gasteiger partial charge on any atom is 0.249 e. The van der Waals surface area contributed by atoms with Crippen LogP contribution in [0.1, 0.15) is 30.2 Å². The highest BCUT2D eigenvalue weighted by Gasteiger charge is 2.27. The summed E-state index contributed by atoms with van der Waals surface area (Å²) < 4.78 is 5.53. The molecule has 1 aliphatic rings. The minimum absolute atomic E-state index is 0.0320. The molecule has 2 atom stereocenters. The molecule has 0 saturated carbocycles. The Kier molecular flexibility index (Phi) is 4.97. The zero-order chi connectivity index (χ0) is 13.7. The Morgan fingerprint density at radius 1 is 1.63 bits per heavy atom. The van der Waals surface area contributed by atoms with Crippen LogP contribution in [0.3, 0.4) is 0 Å². The lowest BCUT2D eigenvalue weighted by molar-refractivity contribution is -0.131. The molecule has 19 heavy (non-hydrogen) atoms. The number of nitrogens with one attached hydrogen (secondary N) is 1. The van der Waals surface area contributed by atoms with Gasteiger partial charge >= 0.3 is 0 Å². The van der Waals surface area contributed by atoms with Crippen LogP contribution in [-0.4, -0.2) is 24.7 Å². The van der Waals surface area contributed by atoms with Crippen molar-refractivity contribution in [3.63, 3.8) is 0 Å². The van der Waals surface area contributed by atoms with Crippen molar-refractivity contribution < 1.29 is 9.53 Å². The zero-order valence-electron chi connectivity index (χ0n) is 10.9. The highest BCUT2D eigenvalue weighted by molar-refractivity contribution is 7.10. The lowest BCUT2D eigenvalue weighted by Crippen LogP contribution is -2.34.